The molecule has 0 spiro atoms. The van der Waals surface area contributed by atoms with Crippen molar-refractivity contribution in [1.82, 2.24) is 19.8 Å². The number of aryl methyl sites for hydroxylation is 2. The highest BCUT2D eigenvalue weighted by Crippen LogP contribution is 2.31. The number of hydrogen-bond acceptors (Lipinski definition) is 7. The van der Waals surface area contributed by atoms with Crippen molar-refractivity contribution in [3.63, 3.8) is 0 Å². The van der Waals surface area contributed by atoms with Gasteiger partial charge < -0.3 is 15.0 Å². The molecule has 192 valence electrons. The van der Waals surface area contributed by atoms with Gasteiger partial charge in [0.15, 0.2) is 0 Å². The largest absolute Gasteiger partial charge is 0.465 e. The lowest BCUT2D eigenvalue weighted by Crippen LogP contribution is -2.50. The van der Waals surface area contributed by atoms with E-state index >= 15 is 0 Å². The molecule has 2 aliphatic rings. The summed E-state index contributed by atoms with van der Waals surface area (Å²) in [5.41, 5.74) is 6.52. The fourth-order valence-corrected chi connectivity index (χ4v) is 5.52. The Morgan fingerprint density at radius 1 is 1.05 bits per heavy atom. The zero-order chi connectivity index (χ0) is 26.1. The lowest BCUT2D eigenvalue weighted by Gasteiger charge is -2.41. The first-order valence-electron chi connectivity index (χ1n) is 12.7. The molecule has 8 nitrogen and oxygen atoms in total. The van der Waals surface area contributed by atoms with Gasteiger partial charge in [0.05, 0.1) is 18.4 Å². The molecule has 0 saturated carbocycles. The van der Waals surface area contributed by atoms with Crippen LogP contribution in [-0.4, -0.2) is 57.4 Å². The summed E-state index contributed by atoms with van der Waals surface area (Å²) in [7, 11) is 1.34. The third-order valence-electron chi connectivity index (χ3n) is 7.31. The van der Waals surface area contributed by atoms with Crippen LogP contribution in [0.2, 0.25) is 0 Å². The molecular weight excluding hydrogens is 466 g/mol. The fraction of sp³-hybridized carbons (Fsp3) is 0.379. The topological polar surface area (TPSA) is 87.7 Å². The van der Waals surface area contributed by atoms with Gasteiger partial charge in [-0.1, -0.05) is 12.1 Å². The molecule has 0 aliphatic carbocycles. The van der Waals surface area contributed by atoms with Crippen molar-refractivity contribution in [1.29, 1.82) is 0 Å². The number of carbonyl (C=O) groups excluding carboxylic acids is 2. The predicted molar refractivity (Wildman–Crippen MR) is 142 cm³/mol. The van der Waals surface area contributed by atoms with Gasteiger partial charge >= 0.3 is 5.97 Å². The number of carbonyl (C=O) groups is 2. The van der Waals surface area contributed by atoms with Crippen molar-refractivity contribution < 1.29 is 14.3 Å². The molecule has 2 aromatic carbocycles. The van der Waals surface area contributed by atoms with E-state index in [2.05, 4.69) is 54.2 Å². The van der Waals surface area contributed by atoms with Crippen molar-refractivity contribution >= 4 is 23.5 Å². The first kappa shape index (κ1) is 24.9. The molecule has 1 N–H and O–H groups in total. The number of likely N-dealkylation sites (tertiary alicyclic amines) is 1. The van der Waals surface area contributed by atoms with Crippen LogP contribution < -0.4 is 5.32 Å². The molecule has 37 heavy (non-hydrogen) atoms. The van der Waals surface area contributed by atoms with Gasteiger partial charge in [0, 0.05) is 54.7 Å². The number of nitrogens with zero attached hydrogens (tertiary/aromatic N) is 4. The normalized spacial score (nSPS) is 19.4. The zero-order valence-electron chi connectivity index (χ0n) is 21.8. The molecule has 8 heteroatoms. The molecule has 1 amide bonds. The second-order valence-corrected chi connectivity index (χ2v) is 10.2. The van der Waals surface area contributed by atoms with E-state index in [0.29, 0.717) is 29.7 Å². The zero-order valence-corrected chi connectivity index (χ0v) is 21.8. The molecule has 1 saturated heterocycles. The number of ether oxygens (including phenoxy) is 1. The maximum atomic E-state index is 13.2. The number of piperidine rings is 1. The molecule has 3 aromatic rings. The maximum absolute atomic E-state index is 13.2. The molecule has 3 heterocycles. The predicted octanol–water partition coefficient (Wildman–Crippen LogP) is 4.63. The van der Waals surface area contributed by atoms with Gasteiger partial charge in [-0.2, -0.15) is 0 Å². The molecule has 2 atom stereocenters. The highest BCUT2D eigenvalue weighted by molar-refractivity contribution is 5.98. The minimum absolute atomic E-state index is 0.0469. The SMILES string of the molecule is COC(=O)c1cccc(C(=O)N2CC[C@@H](N3Cc4cnc(Nc5cc(C)cc(C)c5)nc4C3)C[C@H]2C)c1. The molecule has 0 unspecified atom stereocenters. The van der Waals surface area contributed by atoms with E-state index < -0.39 is 5.97 Å². The highest BCUT2D eigenvalue weighted by atomic mass is 16.5. The van der Waals surface area contributed by atoms with Crippen molar-refractivity contribution in [3.05, 3.63) is 82.2 Å². The first-order valence-corrected chi connectivity index (χ1v) is 12.7. The van der Waals surface area contributed by atoms with Crippen molar-refractivity contribution in [2.24, 2.45) is 0 Å². The third kappa shape index (κ3) is 5.34. The standard InChI is InChI=1S/C29H33N5O3/c1-18-10-19(2)12-24(11-18)31-29-30-15-23-16-33(17-26(23)32-29)25-8-9-34(20(3)13-25)27(35)21-6-5-7-22(14-21)28(36)37-4/h5-7,10-12,14-15,20,25H,8-9,13,16-17H2,1-4H3,(H,30,31,32)/t20-,25-/m1/s1. The van der Waals surface area contributed by atoms with Crippen LogP contribution in [0.15, 0.2) is 48.7 Å². The molecule has 2 aliphatic heterocycles. The van der Waals surface area contributed by atoms with E-state index in [4.69, 9.17) is 9.72 Å². The second-order valence-electron chi connectivity index (χ2n) is 10.2. The highest BCUT2D eigenvalue weighted by Gasteiger charge is 2.35. The van der Waals surface area contributed by atoms with Gasteiger partial charge in [0.1, 0.15) is 0 Å². The molecule has 1 aromatic heterocycles. The third-order valence-corrected chi connectivity index (χ3v) is 7.31. The smallest absolute Gasteiger partial charge is 0.337 e. The van der Waals surface area contributed by atoms with Crippen LogP contribution in [0, 0.1) is 13.8 Å². The Morgan fingerprint density at radius 3 is 2.54 bits per heavy atom. The van der Waals surface area contributed by atoms with Crippen LogP contribution in [0.25, 0.3) is 0 Å². The van der Waals surface area contributed by atoms with E-state index in [0.717, 1.165) is 42.9 Å². The monoisotopic (exact) mass is 499 g/mol. The van der Waals surface area contributed by atoms with Crippen LogP contribution in [0.1, 0.15) is 62.9 Å². The van der Waals surface area contributed by atoms with Crippen molar-refractivity contribution in [2.45, 2.75) is 58.8 Å². The van der Waals surface area contributed by atoms with Gasteiger partial charge in [-0.15, -0.1) is 0 Å². The number of nitrogens with one attached hydrogen (secondary N) is 1. The summed E-state index contributed by atoms with van der Waals surface area (Å²) in [6.45, 7) is 8.55. The average Bonchev–Trinajstić information content (AvgIpc) is 3.31. The van der Waals surface area contributed by atoms with E-state index in [1.54, 1.807) is 24.3 Å². The Bertz CT molecular complexity index is 1320. The van der Waals surface area contributed by atoms with Crippen LogP contribution in [0.4, 0.5) is 11.6 Å². The number of esters is 1. The number of benzene rings is 2. The molecule has 1 fully saturated rings. The van der Waals surface area contributed by atoms with Gasteiger partial charge in [0.25, 0.3) is 5.91 Å². The van der Waals surface area contributed by atoms with E-state index in [1.807, 2.05) is 11.1 Å². The Kier molecular flexibility index (Phi) is 6.93. The van der Waals surface area contributed by atoms with Crippen molar-refractivity contribution in [2.75, 3.05) is 19.0 Å². The Hall–Kier alpha value is -3.78. The van der Waals surface area contributed by atoms with E-state index in [-0.39, 0.29) is 11.9 Å². The van der Waals surface area contributed by atoms with Crippen LogP contribution in [0.3, 0.4) is 0 Å². The number of aromatic nitrogens is 2. The number of methoxy groups -OCH3 is 1. The quantitative estimate of drug-likeness (QED) is 0.512. The van der Waals surface area contributed by atoms with Crippen molar-refractivity contribution in [3.8, 4) is 0 Å². The van der Waals surface area contributed by atoms with Crippen LogP contribution in [0.5, 0.6) is 0 Å². The molecule has 0 bridgehead atoms. The Morgan fingerprint density at radius 2 is 1.81 bits per heavy atom. The average molecular weight is 500 g/mol. The lowest BCUT2D eigenvalue weighted by atomic mass is 9.96. The summed E-state index contributed by atoms with van der Waals surface area (Å²) in [5.74, 6) is 0.133. The molecule has 5 rings (SSSR count). The summed E-state index contributed by atoms with van der Waals surface area (Å²) in [6, 6.07) is 13.6. The van der Waals surface area contributed by atoms with Crippen LogP contribution >= 0.6 is 0 Å². The number of amides is 1. The Balaban J connectivity index is 1.22. The van der Waals surface area contributed by atoms with E-state index in [1.165, 1.54) is 18.2 Å². The van der Waals surface area contributed by atoms with Crippen LogP contribution in [-0.2, 0) is 17.8 Å². The summed E-state index contributed by atoms with van der Waals surface area (Å²) in [4.78, 5) is 38.9. The summed E-state index contributed by atoms with van der Waals surface area (Å²) >= 11 is 0. The minimum atomic E-state index is -0.439. The first-order chi connectivity index (χ1) is 17.8. The number of rotatable bonds is 5. The lowest BCUT2D eigenvalue weighted by molar-refractivity contribution is 0.0460. The number of hydrogen-bond donors (Lipinski definition) is 1. The number of fused-ring (bicyclic) bond motifs is 1. The van der Waals surface area contributed by atoms with Gasteiger partial charge in [0.2, 0.25) is 5.95 Å². The summed E-state index contributed by atoms with van der Waals surface area (Å²) in [6.07, 6.45) is 3.71. The minimum Gasteiger partial charge on any atom is -0.465 e. The van der Waals surface area contributed by atoms with Gasteiger partial charge in [-0.25, -0.2) is 14.8 Å². The van der Waals surface area contributed by atoms with Gasteiger partial charge in [-0.05, 0) is 75.1 Å². The van der Waals surface area contributed by atoms with E-state index in [9.17, 15) is 9.59 Å². The Labute approximate surface area is 217 Å². The summed E-state index contributed by atoms with van der Waals surface area (Å²) in [5, 5.41) is 3.35. The fourth-order valence-electron chi connectivity index (χ4n) is 5.52. The molecular formula is C29H33N5O3. The number of anilines is 2. The second kappa shape index (κ2) is 10.3. The van der Waals surface area contributed by atoms with Gasteiger partial charge in [-0.3, -0.25) is 9.69 Å². The molecule has 0 radical (unpaired) electrons. The summed E-state index contributed by atoms with van der Waals surface area (Å²) < 4.78 is 4.80. The maximum Gasteiger partial charge on any atom is 0.337 e.